The summed E-state index contributed by atoms with van der Waals surface area (Å²) in [5.74, 6) is 0.193. The van der Waals surface area contributed by atoms with Crippen LogP contribution in [0.2, 0.25) is 0 Å². The van der Waals surface area contributed by atoms with Crippen molar-refractivity contribution < 1.29 is 17.4 Å². The van der Waals surface area contributed by atoms with Gasteiger partial charge in [-0.15, -0.1) is 0 Å². The van der Waals surface area contributed by atoms with Gasteiger partial charge in [0.1, 0.15) is 0 Å². The van der Waals surface area contributed by atoms with Crippen molar-refractivity contribution >= 4 is 11.7 Å². The van der Waals surface area contributed by atoms with E-state index in [0.29, 0.717) is 17.2 Å². The van der Waals surface area contributed by atoms with Crippen LogP contribution in [0.3, 0.4) is 0 Å². The summed E-state index contributed by atoms with van der Waals surface area (Å²) in [5.41, 5.74) is -0.0832. The van der Waals surface area contributed by atoms with Crippen molar-refractivity contribution in [3.63, 3.8) is 0 Å². The lowest BCUT2D eigenvalue weighted by Gasteiger charge is -2.05. The highest BCUT2D eigenvalue weighted by molar-refractivity contribution is 7.64. The molecule has 5 heteroatoms. The third kappa shape index (κ3) is 2.77. The standard InChI is InChI=1S/C8H6F3OS/c9-8(10,11)7-3-1-6(2-4-7)5-13-12/h1-4H,5H2/q+1. The smallest absolute Gasteiger partial charge is 0.166 e. The van der Waals surface area contributed by atoms with Crippen LogP contribution in [0.5, 0.6) is 0 Å². The Hall–Kier alpha value is -0.970. The quantitative estimate of drug-likeness (QED) is 0.681. The Morgan fingerprint density at radius 2 is 1.69 bits per heavy atom. The van der Waals surface area contributed by atoms with Gasteiger partial charge in [0.2, 0.25) is 0 Å². The molecular formula is C8H6F3OS+. The number of hydrogen-bond donors (Lipinski definition) is 0. The molecule has 0 amide bonds. The molecule has 0 aliphatic heterocycles. The molecule has 0 aliphatic carbocycles. The van der Waals surface area contributed by atoms with Crippen LogP contribution in [0.4, 0.5) is 13.2 Å². The number of benzene rings is 1. The second-order valence-corrected chi connectivity index (χ2v) is 2.98. The minimum Gasteiger partial charge on any atom is -0.166 e. The summed E-state index contributed by atoms with van der Waals surface area (Å²) in [5, 5.41) is 0. The molecule has 0 radical (unpaired) electrons. The van der Waals surface area contributed by atoms with Gasteiger partial charge in [0, 0.05) is 9.77 Å². The molecule has 0 spiro atoms. The lowest BCUT2D eigenvalue weighted by molar-refractivity contribution is -0.137. The number of halogens is 3. The molecule has 1 nitrogen and oxygen atoms in total. The lowest BCUT2D eigenvalue weighted by Crippen LogP contribution is -2.04. The molecule has 0 bridgehead atoms. The highest BCUT2D eigenvalue weighted by Gasteiger charge is 2.30. The van der Waals surface area contributed by atoms with Crippen molar-refractivity contribution in [3.05, 3.63) is 35.4 Å². The monoisotopic (exact) mass is 207 g/mol. The summed E-state index contributed by atoms with van der Waals surface area (Å²) < 4.78 is 46.2. The van der Waals surface area contributed by atoms with E-state index in [4.69, 9.17) is 0 Å². The van der Waals surface area contributed by atoms with Gasteiger partial charge in [-0.25, -0.2) is 0 Å². The van der Waals surface area contributed by atoms with Crippen molar-refractivity contribution in [1.82, 2.24) is 0 Å². The zero-order valence-corrected chi connectivity index (χ0v) is 7.28. The third-order valence-electron chi connectivity index (χ3n) is 1.51. The predicted molar refractivity (Wildman–Crippen MR) is 43.2 cm³/mol. The molecule has 0 fully saturated rings. The Balaban J connectivity index is 2.87. The molecule has 0 N–H and O–H groups in total. The van der Waals surface area contributed by atoms with Crippen molar-refractivity contribution in [2.24, 2.45) is 0 Å². The molecule has 0 unspecified atom stereocenters. The van der Waals surface area contributed by atoms with E-state index in [1.54, 1.807) is 0 Å². The van der Waals surface area contributed by atoms with Crippen LogP contribution >= 0.6 is 0 Å². The summed E-state index contributed by atoms with van der Waals surface area (Å²) in [7, 11) is 0. The summed E-state index contributed by atoms with van der Waals surface area (Å²) in [6.07, 6.45) is -4.30. The molecule has 70 valence electrons. The first kappa shape index (κ1) is 10.1. The zero-order valence-electron chi connectivity index (χ0n) is 6.47. The van der Waals surface area contributed by atoms with Crippen LogP contribution in [0.25, 0.3) is 0 Å². The minimum atomic E-state index is -4.30. The summed E-state index contributed by atoms with van der Waals surface area (Å²) in [4.78, 5) is 0. The second kappa shape index (κ2) is 3.83. The molecule has 0 saturated carbocycles. The Labute approximate surface area is 77.1 Å². The predicted octanol–water partition coefficient (Wildman–Crippen LogP) is 2.63. The lowest BCUT2D eigenvalue weighted by atomic mass is 10.1. The van der Waals surface area contributed by atoms with Crippen LogP contribution in [-0.2, 0) is 27.8 Å². The first-order valence-electron chi connectivity index (χ1n) is 3.45. The molecule has 13 heavy (non-hydrogen) atoms. The molecule has 1 aromatic rings. The van der Waals surface area contributed by atoms with Gasteiger partial charge >= 0.3 is 17.8 Å². The number of rotatable bonds is 2. The van der Waals surface area contributed by atoms with Gasteiger partial charge < -0.3 is 0 Å². The fraction of sp³-hybridized carbons (Fsp3) is 0.250. The highest BCUT2D eigenvalue weighted by atomic mass is 32.1. The van der Waals surface area contributed by atoms with Crippen molar-refractivity contribution in [1.29, 1.82) is 0 Å². The average Bonchev–Trinajstić information content (AvgIpc) is 2.04. The number of hydrogen-bond acceptors (Lipinski definition) is 1. The van der Waals surface area contributed by atoms with E-state index in [9.17, 15) is 17.4 Å². The van der Waals surface area contributed by atoms with Crippen molar-refractivity contribution in [2.45, 2.75) is 11.9 Å². The van der Waals surface area contributed by atoms with E-state index in [-0.39, 0.29) is 5.75 Å². The minimum absolute atomic E-state index is 0.193. The van der Waals surface area contributed by atoms with Gasteiger partial charge in [-0.3, -0.25) is 0 Å². The van der Waals surface area contributed by atoms with E-state index in [2.05, 4.69) is 0 Å². The molecule has 0 heterocycles. The molecule has 1 aromatic carbocycles. The summed E-state index contributed by atoms with van der Waals surface area (Å²) in [6.45, 7) is 0. The molecule has 0 atom stereocenters. The van der Waals surface area contributed by atoms with Crippen LogP contribution in [0, 0.1) is 0 Å². The summed E-state index contributed by atoms with van der Waals surface area (Å²) >= 11 is 0.337. The largest absolute Gasteiger partial charge is 0.463 e. The maximum atomic E-state index is 12.0. The molecule has 0 saturated heterocycles. The Bertz CT molecular complexity index is 291. The molecule has 1 rings (SSSR count). The maximum absolute atomic E-state index is 12.0. The van der Waals surface area contributed by atoms with Crippen LogP contribution < -0.4 is 0 Å². The van der Waals surface area contributed by atoms with Crippen LogP contribution in [0.1, 0.15) is 11.1 Å². The Kier molecular flexibility index (Phi) is 2.98. The SMILES string of the molecule is O=[S+]Cc1ccc(C(F)(F)F)cc1. The van der Waals surface area contributed by atoms with Crippen molar-refractivity contribution in [2.75, 3.05) is 0 Å². The van der Waals surface area contributed by atoms with Crippen LogP contribution in [0.15, 0.2) is 24.3 Å². The topological polar surface area (TPSA) is 17.1 Å². The fourth-order valence-corrected chi connectivity index (χ4v) is 1.19. The first-order valence-corrected chi connectivity index (χ1v) is 4.36. The van der Waals surface area contributed by atoms with Gasteiger partial charge in [-0.2, -0.15) is 13.2 Å². The fourth-order valence-electron chi connectivity index (χ4n) is 0.858. The zero-order chi connectivity index (χ0) is 9.90. The number of alkyl halides is 3. The van der Waals surface area contributed by atoms with E-state index < -0.39 is 11.7 Å². The molecular weight excluding hydrogens is 201 g/mol. The van der Waals surface area contributed by atoms with Crippen molar-refractivity contribution in [3.8, 4) is 0 Å². The first-order chi connectivity index (χ1) is 6.04. The normalized spacial score (nSPS) is 11.3. The molecule has 0 aromatic heterocycles. The van der Waals surface area contributed by atoms with E-state index in [1.807, 2.05) is 0 Å². The Morgan fingerprint density at radius 1 is 1.15 bits per heavy atom. The van der Waals surface area contributed by atoms with Gasteiger partial charge in [-0.1, -0.05) is 12.1 Å². The third-order valence-corrected chi connectivity index (χ3v) is 1.96. The van der Waals surface area contributed by atoms with Gasteiger partial charge in [0.05, 0.1) is 5.56 Å². The highest BCUT2D eigenvalue weighted by Crippen LogP contribution is 2.28. The average molecular weight is 207 g/mol. The van der Waals surface area contributed by atoms with Gasteiger partial charge in [0.15, 0.2) is 0 Å². The maximum Gasteiger partial charge on any atom is 0.463 e. The van der Waals surface area contributed by atoms with E-state index >= 15 is 0 Å². The van der Waals surface area contributed by atoms with Gasteiger partial charge in [-0.05, 0) is 12.1 Å². The van der Waals surface area contributed by atoms with E-state index in [1.165, 1.54) is 12.1 Å². The Morgan fingerprint density at radius 3 is 2.08 bits per heavy atom. The molecule has 0 aliphatic rings. The summed E-state index contributed by atoms with van der Waals surface area (Å²) in [6, 6.07) is 4.58. The van der Waals surface area contributed by atoms with E-state index in [0.717, 1.165) is 12.1 Å². The van der Waals surface area contributed by atoms with Gasteiger partial charge in [0.25, 0.3) is 5.75 Å². The second-order valence-electron chi connectivity index (χ2n) is 2.46. The van der Waals surface area contributed by atoms with Crippen LogP contribution in [-0.4, -0.2) is 0 Å².